The van der Waals surface area contributed by atoms with Gasteiger partial charge in [-0.25, -0.2) is 0 Å². The van der Waals surface area contributed by atoms with Crippen molar-refractivity contribution in [1.82, 2.24) is 0 Å². The molecular weight excluding hydrogens is 218 g/mol. The molecule has 0 heterocycles. The normalized spacial score (nSPS) is 16.1. The second-order valence-corrected chi connectivity index (χ2v) is 4.20. The zero-order valence-corrected chi connectivity index (χ0v) is 8.59. The highest BCUT2D eigenvalue weighted by Crippen LogP contribution is 2.21. The average Bonchev–Trinajstić information content (AvgIpc) is 1.99. The summed E-state index contributed by atoms with van der Waals surface area (Å²) in [6.07, 6.45) is 2.42. The summed E-state index contributed by atoms with van der Waals surface area (Å²) < 4.78 is 58.0. The molecular formula is C7H12F2O4S. The number of alkyl halides is 2. The lowest BCUT2D eigenvalue weighted by atomic mass is 10.4. The van der Waals surface area contributed by atoms with Gasteiger partial charge >= 0.3 is 15.4 Å². The maximum atomic E-state index is 12.5. The molecule has 0 spiro atoms. The van der Waals surface area contributed by atoms with E-state index in [9.17, 15) is 17.2 Å². The van der Waals surface area contributed by atoms with E-state index in [-0.39, 0.29) is 0 Å². The second kappa shape index (κ2) is 4.81. The molecule has 0 aliphatic rings. The Morgan fingerprint density at radius 2 is 2.07 bits per heavy atom. The second-order valence-electron chi connectivity index (χ2n) is 2.65. The number of allylic oxidation sites excluding steroid dienone is 1. The number of halogens is 2. The molecule has 0 bridgehead atoms. The van der Waals surface area contributed by atoms with Crippen LogP contribution in [0.25, 0.3) is 0 Å². The Balaban J connectivity index is 4.27. The molecule has 0 aromatic carbocycles. The van der Waals surface area contributed by atoms with Gasteiger partial charge in [0.25, 0.3) is 0 Å². The van der Waals surface area contributed by atoms with Gasteiger partial charge in [0.2, 0.25) is 0 Å². The van der Waals surface area contributed by atoms with Crippen LogP contribution in [0.1, 0.15) is 13.8 Å². The van der Waals surface area contributed by atoms with Crippen LogP contribution in [-0.4, -0.2) is 30.9 Å². The number of ether oxygens (including phenoxy) is 1. The SMILES string of the molecule is CC=CC(C)OCC(F)(F)S(=O)(=O)O. The van der Waals surface area contributed by atoms with Crippen LogP contribution in [0.5, 0.6) is 0 Å². The molecule has 1 N–H and O–H groups in total. The van der Waals surface area contributed by atoms with Gasteiger partial charge in [-0.3, -0.25) is 4.55 Å². The molecule has 0 saturated heterocycles. The molecule has 0 rings (SSSR count). The fraction of sp³-hybridized carbons (Fsp3) is 0.714. The van der Waals surface area contributed by atoms with Crippen molar-refractivity contribution < 1.29 is 26.5 Å². The van der Waals surface area contributed by atoms with Crippen molar-refractivity contribution in [1.29, 1.82) is 0 Å². The minimum absolute atomic E-state index is 0.632. The lowest BCUT2D eigenvalue weighted by Crippen LogP contribution is -2.34. The topological polar surface area (TPSA) is 63.6 Å². The van der Waals surface area contributed by atoms with Gasteiger partial charge in [-0.05, 0) is 13.8 Å². The fourth-order valence-corrected chi connectivity index (χ4v) is 0.846. The van der Waals surface area contributed by atoms with Crippen molar-refractivity contribution in [2.75, 3.05) is 6.61 Å². The minimum Gasteiger partial charge on any atom is -0.367 e. The molecule has 0 aromatic rings. The van der Waals surface area contributed by atoms with Gasteiger partial charge in [0.05, 0.1) is 6.10 Å². The van der Waals surface area contributed by atoms with Gasteiger partial charge in [0.15, 0.2) is 0 Å². The molecule has 0 saturated carbocycles. The smallest absolute Gasteiger partial charge is 0.367 e. The summed E-state index contributed by atoms with van der Waals surface area (Å²) in [5.41, 5.74) is 0. The van der Waals surface area contributed by atoms with E-state index in [0.717, 1.165) is 0 Å². The van der Waals surface area contributed by atoms with Gasteiger partial charge in [-0.1, -0.05) is 12.2 Å². The summed E-state index contributed by atoms with van der Waals surface area (Å²) >= 11 is 0. The summed E-state index contributed by atoms with van der Waals surface area (Å²) in [6.45, 7) is 1.78. The summed E-state index contributed by atoms with van der Waals surface area (Å²) in [4.78, 5) is 0. The molecule has 0 amide bonds. The van der Waals surface area contributed by atoms with Gasteiger partial charge in [0.1, 0.15) is 6.61 Å². The standard InChI is InChI=1S/C7H12F2O4S/c1-3-4-6(2)13-5-7(8,9)14(10,11)12/h3-4,6H,5H2,1-2H3,(H,10,11,12). The zero-order valence-electron chi connectivity index (χ0n) is 7.78. The third-order valence-electron chi connectivity index (χ3n) is 1.36. The predicted molar refractivity (Wildman–Crippen MR) is 46.7 cm³/mol. The molecule has 4 nitrogen and oxygen atoms in total. The first kappa shape index (κ1) is 13.5. The van der Waals surface area contributed by atoms with Crippen molar-refractivity contribution in [3.8, 4) is 0 Å². The van der Waals surface area contributed by atoms with E-state index in [1.165, 1.54) is 13.0 Å². The molecule has 0 fully saturated rings. The van der Waals surface area contributed by atoms with Crippen LogP contribution in [0.3, 0.4) is 0 Å². The van der Waals surface area contributed by atoms with Crippen LogP contribution in [0.15, 0.2) is 12.2 Å². The highest BCUT2D eigenvalue weighted by Gasteiger charge is 2.44. The summed E-state index contributed by atoms with van der Waals surface area (Å²) in [5, 5.41) is -4.26. The lowest BCUT2D eigenvalue weighted by molar-refractivity contribution is -0.0345. The molecule has 0 aliphatic carbocycles. The van der Waals surface area contributed by atoms with Crippen molar-refractivity contribution in [2.24, 2.45) is 0 Å². The van der Waals surface area contributed by atoms with Crippen LogP contribution in [-0.2, 0) is 14.9 Å². The maximum Gasteiger partial charge on any atom is 0.392 e. The Morgan fingerprint density at radius 1 is 1.57 bits per heavy atom. The van der Waals surface area contributed by atoms with E-state index in [1.54, 1.807) is 13.0 Å². The Labute approximate surface area is 81.3 Å². The van der Waals surface area contributed by atoms with Gasteiger partial charge in [-0.15, -0.1) is 0 Å². The number of rotatable bonds is 5. The van der Waals surface area contributed by atoms with E-state index in [2.05, 4.69) is 4.74 Å². The maximum absolute atomic E-state index is 12.5. The van der Waals surface area contributed by atoms with Gasteiger partial charge in [-0.2, -0.15) is 17.2 Å². The van der Waals surface area contributed by atoms with E-state index >= 15 is 0 Å². The third kappa shape index (κ3) is 4.12. The quantitative estimate of drug-likeness (QED) is 0.573. The molecule has 7 heteroatoms. The molecule has 14 heavy (non-hydrogen) atoms. The summed E-state index contributed by atoms with van der Waals surface area (Å²) in [5.74, 6) is 0. The van der Waals surface area contributed by atoms with Gasteiger partial charge in [0, 0.05) is 0 Å². The Morgan fingerprint density at radius 3 is 2.43 bits per heavy atom. The predicted octanol–water partition coefficient (Wildman–Crippen LogP) is 1.45. The van der Waals surface area contributed by atoms with Crippen LogP contribution < -0.4 is 0 Å². The van der Waals surface area contributed by atoms with Crippen LogP contribution in [0, 0.1) is 0 Å². The first-order chi connectivity index (χ1) is 6.20. The van der Waals surface area contributed by atoms with Crippen molar-refractivity contribution in [3.63, 3.8) is 0 Å². The van der Waals surface area contributed by atoms with Crippen LogP contribution in [0.2, 0.25) is 0 Å². The number of hydrogen-bond donors (Lipinski definition) is 1. The van der Waals surface area contributed by atoms with Crippen LogP contribution in [0.4, 0.5) is 8.78 Å². The summed E-state index contributed by atoms with van der Waals surface area (Å²) in [7, 11) is -5.40. The Bertz CT molecular complexity index is 297. The van der Waals surface area contributed by atoms with E-state index in [4.69, 9.17) is 4.55 Å². The Hall–Kier alpha value is -0.530. The van der Waals surface area contributed by atoms with Crippen LogP contribution >= 0.6 is 0 Å². The summed E-state index contributed by atoms with van der Waals surface area (Å²) in [6, 6.07) is 0. The molecule has 84 valence electrons. The largest absolute Gasteiger partial charge is 0.392 e. The van der Waals surface area contributed by atoms with E-state index in [1.807, 2.05) is 0 Å². The van der Waals surface area contributed by atoms with E-state index < -0.39 is 28.1 Å². The molecule has 0 aliphatic heterocycles. The first-order valence-corrected chi connectivity index (χ1v) is 5.24. The molecule has 1 unspecified atom stereocenters. The van der Waals surface area contributed by atoms with Gasteiger partial charge < -0.3 is 4.74 Å². The minimum atomic E-state index is -5.40. The highest BCUT2D eigenvalue weighted by atomic mass is 32.2. The third-order valence-corrected chi connectivity index (χ3v) is 2.23. The average molecular weight is 230 g/mol. The molecule has 1 atom stereocenters. The lowest BCUT2D eigenvalue weighted by Gasteiger charge is -2.15. The highest BCUT2D eigenvalue weighted by molar-refractivity contribution is 7.86. The number of hydrogen-bond acceptors (Lipinski definition) is 3. The first-order valence-electron chi connectivity index (χ1n) is 3.80. The van der Waals surface area contributed by atoms with Crippen molar-refractivity contribution >= 4 is 10.1 Å². The monoisotopic (exact) mass is 230 g/mol. The fourth-order valence-electron chi connectivity index (χ4n) is 0.629. The van der Waals surface area contributed by atoms with Crippen molar-refractivity contribution in [3.05, 3.63) is 12.2 Å². The van der Waals surface area contributed by atoms with Crippen molar-refractivity contribution in [2.45, 2.75) is 25.2 Å². The van der Waals surface area contributed by atoms with E-state index in [0.29, 0.717) is 0 Å². The molecule has 0 radical (unpaired) electrons. The Kier molecular flexibility index (Phi) is 4.63. The zero-order chi connectivity index (χ0) is 11.4. The molecule has 0 aromatic heterocycles.